The van der Waals surface area contributed by atoms with E-state index in [1.165, 1.54) is 31.8 Å². The molecule has 4 heteroatoms. The summed E-state index contributed by atoms with van der Waals surface area (Å²) < 4.78 is 10.5. The van der Waals surface area contributed by atoms with Crippen LogP contribution in [-0.4, -0.2) is 17.5 Å². The molecule has 1 aliphatic heterocycles. The number of hydrogen-bond donors (Lipinski definition) is 0. The van der Waals surface area contributed by atoms with Gasteiger partial charge < -0.3 is 9.47 Å². The Kier molecular flexibility index (Phi) is 7.92. The molecule has 0 bridgehead atoms. The van der Waals surface area contributed by atoms with Crippen molar-refractivity contribution in [1.29, 1.82) is 0 Å². The second-order valence-corrected chi connectivity index (χ2v) is 6.20. The zero-order valence-corrected chi connectivity index (χ0v) is 13.9. The van der Waals surface area contributed by atoms with Crippen molar-refractivity contribution in [3.63, 3.8) is 0 Å². The van der Waals surface area contributed by atoms with Crippen molar-refractivity contribution in [2.45, 2.75) is 77.4 Å². The maximum absolute atomic E-state index is 11.9. The molecular weight excluding hydrogens is 280 g/mol. The quantitative estimate of drug-likeness (QED) is 0.321. The molecule has 1 heterocycles. The van der Waals surface area contributed by atoms with Gasteiger partial charge in [-0.2, -0.15) is 0 Å². The van der Waals surface area contributed by atoms with Gasteiger partial charge in [0, 0.05) is 20.3 Å². The number of ketones is 1. The first kappa shape index (κ1) is 18.5. The maximum Gasteiger partial charge on any atom is 0.337 e. The Morgan fingerprint density at radius 2 is 1.77 bits per heavy atom. The van der Waals surface area contributed by atoms with Crippen LogP contribution in [0.25, 0.3) is 0 Å². The normalized spacial score (nSPS) is 16.5. The van der Waals surface area contributed by atoms with Gasteiger partial charge in [-0.25, -0.2) is 4.79 Å². The highest BCUT2D eigenvalue weighted by Gasteiger charge is 2.30. The molecule has 0 radical (unpaired) electrons. The second-order valence-electron chi connectivity index (χ2n) is 6.20. The Labute approximate surface area is 133 Å². The lowest BCUT2D eigenvalue weighted by atomic mass is 10.0. The van der Waals surface area contributed by atoms with Crippen molar-refractivity contribution in [3.05, 3.63) is 24.5 Å². The van der Waals surface area contributed by atoms with Crippen molar-refractivity contribution in [2.24, 2.45) is 0 Å². The van der Waals surface area contributed by atoms with Gasteiger partial charge in [0.25, 0.3) is 0 Å². The highest BCUT2D eigenvalue weighted by atomic mass is 16.7. The number of carbonyl (C=O) groups is 2. The van der Waals surface area contributed by atoms with E-state index in [0.29, 0.717) is 12.2 Å². The van der Waals surface area contributed by atoms with Crippen LogP contribution in [0.3, 0.4) is 0 Å². The Hall–Kier alpha value is -1.58. The third kappa shape index (κ3) is 8.01. The highest BCUT2D eigenvalue weighted by Crippen LogP contribution is 2.24. The molecule has 0 saturated heterocycles. The fourth-order valence-electron chi connectivity index (χ4n) is 2.46. The summed E-state index contributed by atoms with van der Waals surface area (Å²) in [6.07, 6.45) is 11.8. The number of ether oxygens (including phenoxy) is 2. The molecule has 0 aromatic heterocycles. The largest absolute Gasteiger partial charge is 0.456 e. The van der Waals surface area contributed by atoms with Crippen molar-refractivity contribution >= 4 is 11.8 Å². The first-order chi connectivity index (χ1) is 10.4. The number of hydrogen-bond acceptors (Lipinski definition) is 4. The lowest BCUT2D eigenvalue weighted by Gasteiger charge is -2.30. The Morgan fingerprint density at radius 3 is 2.41 bits per heavy atom. The van der Waals surface area contributed by atoms with Crippen LogP contribution in [0, 0.1) is 0 Å². The second kappa shape index (κ2) is 9.44. The zero-order valence-electron chi connectivity index (χ0n) is 13.9. The summed E-state index contributed by atoms with van der Waals surface area (Å²) in [5.74, 6) is -0.898. The van der Waals surface area contributed by atoms with Gasteiger partial charge >= 0.3 is 5.97 Å². The van der Waals surface area contributed by atoms with Gasteiger partial charge in [-0.05, 0) is 19.3 Å². The average Bonchev–Trinajstić information content (AvgIpc) is 2.39. The van der Waals surface area contributed by atoms with Crippen LogP contribution in [0.4, 0.5) is 0 Å². The Bertz CT molecular complexity index is 421. The van der Waals surface area contributed by atoms with Crippen LogP contribution >= 0.6 is 0 Å². The van der Waals surface area contributed by atoms with E-state index in [2.05, 4.69) is 6.58 Å². The van der Waals surface area contributed by atoms with Crippen molar-refractivity contribution < 1.29 is 19.1 Å². The molecule has 124 valence electrons. The summed E-state index contributed by atoms with van der Waals surface area (Å²) in [4.78, 5) is 23.3. The summed E-state index contributed by atoms with van der Waals surface area (Å²) in [7, 11) is 0. The minimum absolute atomic E-state index is 0.114. The van der Waals surface area contributed by atoms with E-state index in [-0.39, 0.29) is 12.2 Å². The number of carbonyl (C=O) groups excluding carboxylic acids is 2. The lowest BCUT2D eigenvalue weighted by molar-refractivity contribution is -0.205. The van der Waals surface area contributed by atoms with Crippen LogP contribution in [0.5, 0.6) is 0 Å². The van der Waals surface area contributed by atoms with Crippen LogP contribution in [0.2, 0.25) is 0 Å². The lowest BCUT2D eigenvalue weighted by Crippen LogP contribution is -2.34. The molecule has 22 heavy (non-hydrogen) atoms. The molecule has 4 nitrogen and oxygen atoms in total. The third-order valence-corrected chi connectivity index (χ3v) is 3.49. The molecule has 0 saturated carbocycles. The van der Waals surface area contributed by atoms with E-state index in [0.717, 1.165) is 19.3 Å². The molecule has 1 rings (SSSR count). The number of esters is 1. The highest BCUT2D eigenvalue weighted by molar-refractivity contribution is 5.86. The molecule has 0 aliphatic carbocycles. The van der Waals surface area contributed by atoms with E-state index in [1.807, 2.05) is 6.08 Å². The third-order valence-electron chi connectivity index (χ3n) is 3.49. The standard InChI is InChI=1S/C18H28O4/c1-4-5-6-7-8-9-10-11-12-15(19)13-16-14-17(20)22-18(2,3)21-16/h4,14H,1,5-13H2,2-3H3. The van der Waals surface area contributed by atoms with Gasteiger partial charge in [-0.15, -0.1) is 6.58 Å². The number of allylic oxidation sites excluding steroid dienone is 2. The van der Waals surface area contributed by atoms with E-state index < -0.39 is 11.8 Å². The summed E-state index contributed by atoms with van der Waals surface area (Å²) in [6.45, 7) is 7.03. The van der Waals surface area contributed by atoms with Crippen molar-refractivity contribution in [3.8, 4) is 0 Å². The van der Waals surface area contributed by atoms with Gasteiger partial charge in [0.1, 0.15) is 11.5 Å². The Balaban J connectivity index is 2.13. The maximum atomic E-state index is 11.9. The van der Waals surface area contributed by atoms with Gasteiger partial charge in [0.15, 0.2) is 0 Å². The number of unbranched alkanes of at least 4 members (excludes halogenated alkanes) is 6. The van der Waals surface area contributed by atoms with Gasteiger partial charge in [-0.3, -0.25) is 4.79 Å². The van der Waals surface area contributed by atoms with E-state index in [4.69, 9.17) is 9.47 Å². The van der Waals surface area contributed by atoms with Gasteiger partial charge in [0.2, 0.25) is 5.79 Å². The zero-order chi connectivity index (χ0) is 16.4. The van der Waals surface area contributed by atoms with Crippen molar-refractivity contribution in [1.82, 2.24) is 0 Å². The molecule has 1 aliphatic rings. The van der Waals surface area contributed by atoms with Crippen LogP contribution in [0.15, 0.2) is 24.5 Å². The summed E-state index contributed by atoms with van der Waals surface area (Å²) in [6, 6.07) is 0. The molecule has 0 aromatic carbocycles. The van der Waals surface area contributed by atoms with Gasteiger partial charge in [0.05, 0.1) is 12.5 Å². The molecule has 0 fully saturated rings. The number of rotatable bonds is 11. The molecule has 0 amide bonds. The molecule has 0 atom stereocenters. The predicted octanol–water partition coefficient (Wildman–Crippen LogP) is 4.45. The van der Waals surface area contributed by atoms with Gasteiger partial charge in [-0.1, -0.05) is 31.8 Å². The molecule has 0 aromatic rings. The SMILES string of the molecule is C=CCCCCCCCCC(=O)CC1=CC(=O)OC(C)(C)O1. The summed E-state index contributed by atoms with van der Waals surface area (Å²) >= 11 is 0. The summed E-state index contributed by atoms with van der Waals surface area (Å²) in [5, 5.41) is 0. The van der Waals surface area contributed by atoms with E-state index in [1.54, 1.807) is 13.8 Å². The predicted molar refractivity (Wildman–Crippen MR) is 86.1 cm³/mol. The van der Waals surface area contributed by atoms with E-state index in [9.17, 15) is 9.59 Å². The minimum Gasteiger partial charge on any atom is -0.456 e. The fourth-order valence-corrected chi connectivity index (χ4v) is 2.46. The monoisotopic (exact) mass is 308 g/mol. The van der Waals surface area contributed by atoms with E-state index >= 15 is 0 Å². The Morgan fingerprint density at radius 1 is 1.14 bits per heavy atom. The number of Topliss-reactive ketones (excluding diaryl/α,β-unsaturated/α-hetero) is 1. The van der Waals surface area contributed by atoms with Crippen LogP contribution in [-0.2, 0) is 19.1 Å². The minimum atomic E-state index is -0.979. The first-order valence-corrected chi connectivity index (χ1v) is 8.18. The van der Waals surface area contributed by atoms with Crippen molar-refractivity contribution in [2.75, 3.05) is 0 Å². The molecular formula is C18H28O4. The first-order valence-electron chi connectivity index (χ1n) is 8.18. The molecule has 0 N–H and O–H groups in total. The van der Waals surface area contributed by atoms with Crippen LogP contribution < -0.4 is 0 Å². The molecule has 0 spiro atoms. The summed E-state index contributed by atoms with van der Waals surface area (Å²) in [5.41, 5.74) is 0. The molecule has 0 unspecified atom stereocenters. The van der Waals surface area contributed by atoms with Crippen LogP contribution in [0.1, 0.15) is 71.6 Å². The topological polar surface area (TPSA) is 52.6 Å². The smallest absolute Gasteiger partial charge is 0.337 e. The average molecular weight is 308 g/mol. The number of cyclic esters (lactones) is 1. The fraction of sp³-hybridized carbons (Fsp3) is 0.667.